The van der Waals surface area contributed by atoms with Gasteiger partial charge in [0.2, 0.25) is 17.8 Å². The second kappa shape index (κ2) is 13.6. The molecular formula is C23H34N6O2. The summed E-state index contributed by atoms with van der Waals surface area (Å²) in [6, 6.07) is 17.4. The van der Waals surface area contributed by atoms with E-state index in [9.17, 15) is 0 Å². The lowest BCUT2D eigenvalue weighted by molar-refractivity contribution is 0.475. The first-order chi connectivity index (χ1) is 14.8. The van der Waals surface area contributed by atoms with Crippen LogP contribution in [0.1, 0.15) is 13.8 Å². The third kappa shape index (κ3) is 9.66. The van der Waals surface area contributed by atoms with Crippen molar-refractivity contribution in [3.05, 3.63) is 60.7 Å². The van der Waals surface area contributed by atoms with Gasteiger partial charge in [0.1, 0.15) is 11.5 Å². The van der Waals surface area contributed by atoms with Crippen molar-refractivity contribution in [2.45, 2.75) is 13.8 Å². The maximum Gasteiger partial charge on any atom is 0.231 e. The molecule has 168 valence electrons. The molecule has 0 aliphatic heterocycles. The molecule has 8 heteroatoms. The molecule has 31 heavy (non-hydrogen) atoms. The highest BCUT2D eigenvalue weighted by Crippen LogP contribution is 2.16. The van der Waals surface area contributed by atoms with Crippen LogP contribution in [-0.4, -0.2) is 66.4 Å². The molecular weight excluding hydrogens is 392 g/mol. The van der Waals surface area contributed by atoms with Crippen LogP contribution in [0.15, 0.2) is 60.7 Å². The Bertz CT molecular complexity index is 797. The molecule has 8 nitrogen and oxygen atoms in total. The van der Waals surface area contributed by atoms with Crippen LogP contribution in [0.5, 0.6) is 11.5 Å². The van der Waals surface area contributed by atoms with Gasteiger partial charge in [-0.25, -0.2) is 0 Å². The molecule has 0 unspecified atom stereocenters. The van der Waals surface area contributed by atoms with Crippen LogP contribution in [0.2, 0.25) is 0 Å². The number of anilines is 3. The van der Waals surface area contributed by atoms with Crippen LogP contribution in [0, 0.1) is 0 Å². The number of phenolic OH excluding ortho intramolecular Hbond substituents is 2. The minimum atomic E-state index is 0.322. The van der Waals surface area contributed by atoms with E-state index < -0.39 is 0 Å². The standard InChI is InChI=1S/C11H22N6.2C6H6O/c1-7-16(5)10-12-9(15(3)4)13-11(14-10)17(6)8-2;2*7-6-4-2-1-3-5-6/h7-8H2,1-6H3;2*1-5,7H. The third-order valence-corrected chi connectivity index (χ3v) is 4.14. The Balaban J connectivity index is 0.000000279. The number of aromatic hydroxyl groups is 2. The van der Waals surface area contributed by atoms with Crippen molar-refractivity contribution in [1.29, 1.82) is 0 Å². The van der Waals surface area contributed by atoms with Gasteiger partial charge >= 0.3 is 0 Å². The fourth-order valence-electron chi connectivity index (χ4n) is 2.02. The van der Waals surface area contributed by atoms with Crippen molar-refractivity contribution in [1.82, 2.24) is 15.0 Å². The van der Waals surface area contributed by atoms with E-state index >= 15 is 0 Å². The van der Waals surface area contributed by atoms with Crippen molar-refractivity contribution in [2.24, 2.45) is 0 Å². The number of phenols is 2. The molecule has 0 spiro atoms. The molecule has 2 N–H and O–H groups in total. The predicted octanol–water partition coefficient (Wildman–Crippen LogP) is 3.63. The normalized spacial score (nSPS) is 9.48. The molecule has 0 amide bonds. The minimum Gasteiger partial charge on any atom is -0.508 e. The molecule has 0 radical (unpaired) electrons. The fourth-order valence-corrected chi connectivity index (χ4v) is 2.02. The van der Waals surface area contributed by atoms with Crippen LogP contribution >= 0.6 is 0 Å². The number of aromatic nitrogens is 3. The number of nitrogens with zero attached hydrogens (tertiary/aromatic N) is 6. The lowest BCUT2D eigenvalue weighted by Crippen LogP contribution is -2.26. The van der Waals surface area contributed by atoms with Gasteiger partial charge in [-0.2, -0.15) is 15.0 Å². The van der Waals surface area contributed by atoms with Crippen LogP contribution < -0.4 is 14.7 Å². The second-order valence-electron chi connectivity index (χ2n) is 6.83. The number of para-hydroxylation sites is 2. The average Bonchev–Trinajstić information content (AvgIpc) is 2.79. The summed E-state index contributed by atoms with van der Waals surface area (Å²) >= 11 is 0. The first-order valence-electron chi connectivity index (χ1n) is 10.1. The maximum atomic E-state index is 8.63. The summed E-state index contributed by atoms with van der Waals surface area (Å²) in [6.45, 7) is 5.88. The van der Waals surface area contributed by atoms with E-state index in [0.717, 1.165) is 13.1 Å². The zero-order chi connectivity index (χ0) is 23.2. The summed E-state index contributed by atoms with van der Waals surface area (Å²) in [6.07, 6.45) is 0. The summed E-state index contributed by atoms with van der Waals surface area (Å²) in [5.41, 5.74) is 0. The zero-order valence-corrected chi connectivity index (χ0v) is 19.3. The van der Waals surface area contributed by atoms with E-state index in [1.54, 1.807) is 48.5 Å². The molecule has 0 saturated carbocycles. The molecule has 2 aromatic carbocycles. The molecule has 0 fully saturated rings. The highest BCUT2D eigenvalue weighted by Gasteiger charge is 2.12. The Morgan fingerprint density at radius 2 is 0.903 bits per heavy atom. The summed E-state index contributed by atoms with van der Waals surface area (Å²) in [7, 11) is 7.82. The smallest absolute Gasteiger partial charge is 0.231 e. The van der Waals surface area contributed by atoms with Gasteiger partial charge in [0, 0.05) is 41.3 Å². The summed E-state index contributed by atoms with van der Waals surface area (Å²) in [5.74, 6) is 2.75. The monoisotopic (exact) mass is 426 g/mol. The van der Waals surface area contributed by atoms with Crippen molar-refractivity contribution in [3.63, 3.8) is 0 Å². The van der Waals surface area contributed by atoms with Crippen LogP contribution in [0.3, 0.4) is 0 Å². The van der Waals surface area contributed by atoms with E-state index in [0.29, 0.717) is 29.3 Å². The Hall–Kier alpha value is -3.55. The Labute approximate surface area is 185 Å². The number of benzene rings is 2. The lowest BCUT2D eigenvalue weighted by atomic mass is 10.3. The van der Waals surface area contributed by atoms with Gasteiger partial charge in [-0.3, -0.25) is 0 Å². The summed E-state index contributed by atoms with van der Waals surface area (Å²) in [4.78, 5) is 19.2. The predicted molar refractivity (Wildman–Crippen MR) is 128 cm³/mol. The second-order valence-corrected chi connectivity index (χ2v) is 6.83. The Morgan fingerprint density at radius 1 is 0.581 bits per heavy atom. The summed E-state index contributed by atoms with van der Waals surface area (Å²) in [5, 5.41) is 17.3. The minimum absolute atomic E-state index is 0.322. The van der Waals surface area contributed by atoms with E-state index in [1.807, 2.05) is 55.0 Å². The fraction of sp³-hybridized carbons (Fsp3) is 0.348. The largest absolute Gasteiger partial charge is 0.508 e. The van der Waals surface area contributed by atoms with Crippen LogP contribution in [0.4, 0.5) is 17.8 Å². The molecule has 0 atom stereocenters. The van der Waals surface area contributed by atoms with Gasteiger partial charge in [-0.15, -0.1) is 0 Å². The number of rotatable bonds is 5. The summed E-state index contributed by atoms with van der Waals surface area (Å²) < 4.78 is 0. The topological polar surface area (TPSA) is 88.9 Å². The quantitative estimate of drug-likeness (QED) is 0.639. The Morgan fingerprint density at radius 3 is 1.13 bits per heavy atom. The zero-order valence-electron chi connectivity index (χ0n) is 19.3. The highest BCUT2D eigenvalue weighted by atomic mass is 16.3. The molecule has 3 aromatic rings. The molecule has 0 saturated heterocycles. The van der Waals surface area contributed by atoms with Crippen molar-refractivity contribution in [3.8, 4) is 11.5 Å². The number of hydrogen-bond acceptors (Lipinski definition) is 8. The molecule has 1 aromatic heterocycles. The van der Waals surface area contributed by atoms with Gasteiger partial charge in [-0.1, -0.05) is 36.4 Å². The van der Waals surface area contributed by atoms with E-state index in [4.69, 9.17) is 10.2 Å². The van der Waals surface area contributed by atoms with Gasteiger partial charge in [0.05, 0.1) is 0 Å². The van der Waals surface area contributed by atoms with Crippen molar-refractivity contribution in [2.75, 3.05) is 56.0 Å². The Kier molecular flexibility index (Phi) is 11.2. The third-order valence-electron chi connectivity index (χ3n) is 4.14. The maximum absolute atomic E-state index is 8.63. The van der Waals surface area contributed by atoms with Gasteiger partial charge in [0.25, 0.3) is 0 Å². The lowest BCUT2D eigenvalue weighted by Gasteiger charge is -2.21. The number of hydrogen-bond donors (Lipinski definition) is 2. The van der Waals surface area contributed by atoms with Crippen molar-refractivity contribution >= 4 is 17.8 Å². The molecule has 3 rings (SSSR count). The van der Waals surface area contributed by atoms with E-state index in [2.05, 4.69) is 28.8 Å². The van der Waals surface area contributed by atoms with Crippen LogP contribution in [0.25, 0.3) is 0 Å². The molecule has 0 bridgehead atoms. The van der Waals surface area contributed by atoms with E-state index in [-0.39, 0.29) is 0 Å². The average molecular weight is 427 g/mol. The van der Waals surface area contributed by atoms with Gasteiger partial charge < -0.3 is 24.9 Å². The van der Waals surface area contributed by atoms with Gasteiger partial charge in [-0.05, 0) is 38.1 Å². The van der Waals surface area contributed by atoms with Crippen LogP contribution in [-0.2, 0) is 0 Å². The molecule has 0 aliphatic carbocycles. The molecule has 1 heterocycles. The first-order valence-corrected chi connectivity index (χ1v) is 10.1. The van der Waals surface area contributed by atoms with E-state index in [1.165, 1.54) is 0 Å². The molecule has 0 aliphatic rings. The highest BCUT2D eigenvalue weighted by molar-refractivity contribution is 5.45. The first kappa shape index (κ1) is 25.5. The van der Waals surface area contributed by atoms with Gasteiger partial charge in [0.15, 0.2) is 0 Å². The van der Waals surface area contributed by atoms with Crippen molar-refractivity contribution < 1.29 is 10.2 Å². The SMILES string of the molecule is CCN(C)c1nc(N(C)C)nc(N(C)CC)n1.Oc1ccccc1.Oc1ccccc1.